The SMILES string of the molecule is Cc1cc(NC(=O)Cn2c(C)nc3ccc(F)cc3c2=O)n(C2CCS(=O)(=O)C2)n1. The summed E-state index contributed by atoms with van der Waals surface area (Å²) in [5.41, 5.74) is 0.469. The fraction of sp³-hybridized carbons (Fsp3) is 0.368. The molecule has 0 spiro atoms. The normalized spacial score (nSPS) is 18.0. The molecule has 0 bridgehead atoms. The minimum atomic E-state index is -3.12. The first-order valence-electron chi connectivity index (χ1n) is 9.36. The Kier molecular flexibility index (Phi) is 4.92. The lowest BCUT2D eigenvalue weighted by Crippen LogP contribution is -2.31. The van der Waals surface area contributed by atoms with E-state index in [1.807, 2.05) is 0 Å². The number of aromatic nitrogens is 4. The molecule has 3 heterocycles. The number of rotatable bonds is 4. The van der Waals surface area contributed by atoms with Crippen LogP contribution in [0.3, 0.4) is 0 Å². The van der Waals surface area contributed by atoms with Crippen LogP contribution < -0.4 is 10.9 Å². The van der Waals surface area contributed by atoms with Crippen molar-refractivity contribution in [3.8, 4) is 0 Å². The maximum atomic E-state index is 13.5. The predicted octanol–water partition coefficient (Wildman–Crippen LogP) is 1.35. The second-order valence-corrected chi connectivity index (χ2v) is 9.66. The van der Waals surface area contributed by atoms with Crippen molar-refractivity contribution < 1.29 is 17.6 Å². The van der Waals surface area contributed by atoms with Crippen LogP contribution in [0.4, 0.5) is 10.2 Å². The molecule has 11 heteroatoms. The monoisotopic (exact) mass is 433 g/mol. The second kappa shape index (κ2) is 7.31. The van der Waals surface area contributed by atoms with E-state index in [-0.39, 0.29) is 29.5 Å². The molecule has 1 aliphatic heterocycles. The van der Waals surface area contributed by atoms with Crippen molar-refractivity contribution in [1.29, 1.82) is 0 Å². The highest BCUT2D eigenvalue weighted by atomic mass is 32.2. The van der Waals surface area contributed by atoms with E-state index in [0.717, 1.165) is 6.07 Å². The van der Waals surface area contributed by atoms with Crippen molar-refractivity contribution in [1.82, 2.24) is 19.3 Å². The largest absolute Gasteiger partial charge is 0.309 e. The van der Waals surface area contributed by atoms with Crippen molar-refractivity contribution >= 4 is 32.5 Å². The summed E-state index contributed by atoms with van der Waals surface area (Å²) in [7, 11) is -3.12. The average Bonchev–Trinajstić information content (AvgIpc) is 3.20. The molecule has 2 aromatic heterocycles. The van der Waals surface area contributed by atoms with E-state index < -0.39 is 27.1 Å². The van der Waals surface area contributed by atoms with Crippen LogP contribution in [-0.4, -0.2) is 45.2 Å². The Labute approximate surface area is 171 Å². The zero-order valence-electron chi connectivity index (χ0n) is 16.4. The molecule has 1 N–H and O–H groups in total. The average molecular weight is 433 g/mol. The van der Waals surface area contributed by atoms with Gasteiger partial charge in [0, 0.05) is 6.07 Å². The molecule has 158 valence electrons. The van der Waals surface area contributed by atoms with Gasteiger partial charge >= 0.3 is 0 Å². The van der Waals surface area contributed by atoms with E-state index in [0.29, 0.717) is 29.3 Å². The van der Waals surface area contributed by atoms with Crippen molar-refractivity contribution in [3.63, 3.8) is 0 Å². The molecular formula is C19H20FN5O4S. The van der Waals surface area contributed by atoms with Crippen LogP contribution >= 0.6 is 0 Å². The summed E-state index contributed by atoms with van der Waals surface area (Å²) in [4.78, 5) is 29.7. The highest BCUT2D eigenvalue weighted by Crippen LogP contribution is 2.27. The van der Waals surface area contributed by atoms with Gasteiger partial charge in [0.25, 0.3) is 5.56 Å². The Morgan fingerprint density at radius 2 is 2.07 bits per heavy atom. The number of benzene rings is 1. The number of nitrogens with one attached hydrogen (secondary N) is 1. The minimum absolute atomic E-state index is 0.0320. The Balaban J connectivity index is 1.60. The van der Waals surface area contributed by atoms with Crippen molar-refractivity contribution in [2.75, 3.05) is 16.8 Å². The van der Waals surface area contributed by atoms with Crippen LogP contribution in [0.15, 0.2) is 29.1 Å². The van der Waals surface area contributed by atoms with Gasteiger partial charge in [0.05, 0.1) is 34.1 Å². The van der Waals surface area contributed by atoms with Gasteiger partial charge in [-0.25, -0.2) is 22.5 Å². The minimum Gasteiger partial charge on any atom is -0.309 e. The summed E-state index contributed by atoms with van der Waals surface area (Å²) in [6, 6.07) is 5.02. The van der Waals surface area contributed by atoms with Gasteiger partial charge in [0.15, 0.2) is 9.84 Å². The molecule has 1 saturated heterocycles. The van der Waals surface area contributed by atoms with Gasteiger partial charge in [0.1, 0.15) is 24.0 Å². The van der Waals surface area contributed by atoms with Gasteiger partial charge in [-0.2, -0.15) is 5.10 Å². The zero-order valence-corrected chi connectivity index (χ0v) is 17.2. The first-order chi connectivity index (χ1) is 14.1. The molecule has 1 aromatic carbocycles. The molecular weight excluding hydrogens is 413 g/mol. The number of carbonyl (C=O) groups is 1. The number of sulfone groups is 1. The molecule has 0 saturated carbocycles. The van der Waals surface area contributed by atoms with E-state index >= 15 is 0 Å². The third-order valence-electron chi connectivity index (χ3n) is 5.09. The van der Waals surface area contributed by atoms with Crippen LogP contribution in [0, 0.1) is 19.7 Å². The van der Waals surface area contributed by atoms with E-state index in [4.69, 9.17) is 0 Å². The summed E-state index contributed by atoms with van der Waals surface area (Å²) in [6.45, 7) is 3.01. The fourth-order valence-corrected chi connectivity index (χ4v) is 5.36. The number of hydrogen-bond donors (Lipinski definition) is 1. The third-order valence-corrected chi connectivity index (χ3v) is 6.84. The molecule has 0 aliphatic carbocycles. The van der Waals surface area contributed by atoms with Gasteiger partial charge in [0.2, 0.25) is 5.91 Å². The van der Waals surface area contributed by atoms with Gasteiger partial charge in [-0.15, -0.1) is 0 Å². The Morgan fingerprint density at radius 3 is 2.77 bits per heavy atom. The van der Waals surface area contributed by atoms with E-state index in [1.165, 1.54) is 21.4 Å². The topological polar surface area (TPSA) is 116 Å². The highest BCUT2D eigenvalue weighted by Gasteiger charge is 2.31. The first kappa shape index (κ1) is 20.2. The maximum Gasteiger partial charge on any atom is 0.261 e. The molecule has 3 aromatic rings. The van der Waals surface area contributed by atoms with Crippen molar-refractivity contribution in [2.45, 2.75) is 32.9 Å². The predicted molar refractivity (Wildman–Crippen MR) is 109 cm³/mol. The Hall–Kier alpha value is -3.08. The lowest BCUT2D eigenvalue weighted by Gasteiger charge is -2.15. The number of nitrogens with zero attached hydrogens (tertiary/aromatic N) is 4. The van der Waals surface area contributed by atoms with Gasteiger partial charge < -0.3 is 5.32 Å². The molecule has 4 rings (SSSR count). The van der Waals surface area contributed by atoms with Crippen molar-refractivity contribution in [2.24, 2.45) is 0 Å². The molecule has 0 radical (unpaired) electrons. The summed E-state index contributed by atoms with van der Waals surface area (Å²) >= 11 is 0. The van der Waals surface area contributed by atoms with Gasteiger partial charge in [-0.05, 0) is 38.5 Å². The number of anilines is 1. The quantitative estimate of drug-likeness (QED) is 0.664. The number of amides is 1. The number of halogens is 1. The molecule has 1 unspecified atom stereocenters. The molecule has 1 atom stereocenters. The van der Waals surface area contributed by atoms with Gasteiger partial charge in [-0.3, -0.25) is 14.2 Å². The number of fused-ring (bicyclic) bond motifs is 1. The van der Waals surface area contributed by atoms with E-state index in [9.17, 15) is 22.4 Å². The molecule has 1 amide bonds. The van der Waals surface area contributed by atoms with Gasteiger partial charge in [-0.1, -0.05) is 0 Å². The van der Waals surface area contributed by atoms with E-state index in [1.54, 1.807) is 19.9 Å². The smallest absolute Gasteiger partial charge is 0.261 e. The Morgan fingerprint density at radius 1 is 1.30 bits per heavy atom. The fourth-order valence-electron chi connectivity index (χ4n) is 3.67. The van der Waals surface area contributed by atoms with Crippen LogP contribution in [0.25, 0.3) is 10.9 Å². The van der Waals surface area contributed by atoms with E-state index in [2.05, 4.69) is 15.4 Å². The highest BCUT2D eigenvalue weighted by molar-refractivity contribution is 7.91. The summed E-state index contributed by atoms with van der Waals surface area (Å²) < 4.78 is 39.8. The van der Waals surface area contributed by atoms with Crippen LogP contribution in [0.1, 0.15) is 24.0 Å². The van der Waals surface area contributed by atoms with Crippen LogP contribution in [0.5, 0.6) is 0 Å². The summed E-state index contributed by atoms with van der Waals surface area (Å²) in [6.07, 6.45) is 0.422. The first-order valence-corrected chi connectivity index (χ1v) is 11.2. The lowest BCUT2D eigenvalue weighted by molar-refractivity contribution is -0.116. The standard InChI is InChI=1S/C19H20FN5O4S/c1-11-7-17(25(23-11)14-5-6-30(28,29)10-14)22-18(26)9-24-12(2)21-16-4-3-13(20)8-15(16)19(24)27/h3-4,7-8,14H,5-6,9-10H2,1-2H3,(H,22,26). The second-order valence-electron chi connectivity index (χ2n) is 7.43. The molecule has 9 nitrogen and oxygen atoms in total. The van der Waals surface area contributed by atoms with Crippen molar-refractivity contribution in [3.05, 3.63) is 52.0 Å². The van der Waals surface area contributed by atoms with Crippen LogP contribution in [0.2, 0.25) is 0 Å². The molecule has 1 fully saturated rings. The molecule has 30 heavy (non-hydrogen) atoms. The summed E-state index contributed by atoms with van der Waals surface area (Å²) in [5.74, 6) is -0.328. The zero-order chi connectivity index (χ0) is 21.6. The molecule has 1 aliphatic rings. The lowest BCUT2D eigenvalue weighted by atomic mass is 10.2. The number of aryl methyl sites for hydroxylation is 2. The maximum absolute atomic E-state index is 13.5. The summed E-state index contributed by atoms with van der Waals surface area (Å²) in [5, 5.41) is 7.11. The Bertz CT molecular complexity index is 1330. The number of hydrogen-bond acceptors (Lipinski definition) is 6. The third kappa shape index (κ3) is 3.84. The number of carbonyl (C=O) groups excluding carboxylic acids is 1. The van der Waals surface area contributed by atoms with Crippen LogP contribution in [-0.2, 0) is 21.2 Å².